The minimum atomic E-state index is 0. The molecule has 648 valence electrons. The van der Waals surface area contributed by atoms with Crippen LogP contribution in [0, 0.1) is 109 Å². The molecular formula is C93H176N20. The molecule has 0 saturated heterocycles. The monoisotopic (exact) mass is 1570 g/mol. The molecule has 0 radical (unpaired) electrons. The van der Waals surface area contributed by atoms with Gasteiger partial charge in [-0.2, -0.15) is 0 Å². The molecule has 12 rings (SSSR count). The van der Waals surface area contributed by atoms with Crippen LogP contribution in [0.4, 0.5) is 0 Å². The van der Waals surface area contributed by atoms with Crippen LogP contribution in [0.1, 0.15) is 293 Å². The van der Waals surface area contributed by atoms with Crippen LogP contribution < -0.4 is 0 Å². The fraction of sp³-hybridized carbons (Fsp3) is 0.591. The highest BCUT2D eigenvalue weighted by Gasteiger charge is 2.21. The van der Waals surface area contributed by atoms with Crippen molar-refractivity contribution in [2.24, 2.45) is 11.8 Å². The summed E-state index contributed by atoms with van der Waals surface area (Å²) in [6.07, 6.45) is 47.9. The van der Waals surface area contributed by atoms with Crippen LogP contribution in [-0.2, 0) is 65.2 Å². The molecule has 0 atom stereocenters. The fourth-order valence-corrected chi connectivity index (χ4v) is 9.80. The molecule has 0 bridgehead atoms. The smallest absolute Gasteiger partial charge is 0.129 e. The predicted octanol–water partition coefficient (Wildman–Crippen LogP) is 25.7. The van der Waals surface area contributed by atoms with E-state index in [-0.39, 0.29) is 81.7 Å². The maximum absolute atomic E-state index is 4.20. The van der Waals surface area contributed by atoms with E-state index in [1.165, 1.54) is 131 Å². The van der Waals surface area contributed by atoms with Crippen LogP contribution in [0.15, 0.2) is 137 Å². The summed E-state index contributed by atoms with van der Waals surface area (Å²) < 4.78 is 17.2. The molecule has 0 amide bonds. The number of aromatic nitrogens is 20. The number of aryl methyl sites for hydroxylation is 20. The minimum Gasteiger partial charge on any atom is -0.335 e. The van der Waals surface area contributed by atoms with Crippen LogP contribution in [-0.4, -0.2) is 96.6 Å². The standard InChI is InChI=1S/C9H13N.C8H12N2.3C8H14N2.C8H11N.2C7H12N2.C7H9N.C6H11N3.C6H10N2.11CH4/c1-3-4-9-5-6-10-7-8(9)2;1-7-4-9-6-10(7)5-8-2-3-8;1-7(2)5-10-6-9-4-8(10)3;1-4-5-10-6-9-7(2)8(10)3;1-3-4-5-10-7-9-6-8(10)2;1-3-8-4-5-9-6-7(8)2;1-4-9-5-8-6(2)7(9)3;1-3-4-9-6-8-5-7(9)2;1-6-3-4-8-5-7(6)2;1-3-4-9-5-7-8-6(9)2;1-3-8-5-7-4-6(8)2;;;;;;;;;;;/h5-7H,3-4H2,1-2H3;4,6,8H,2-3,5H2,1H3;4,6-7H,5H2,1-3H3;6H,4-5H2,1-3H3;6-7H,3-5H2,1-2H3;4-6H,3H2,1-2H3;5H,4H2,1-3H3;5-6H,3-4H2,1-2H3;3-5H,1-2H3;5H,3-4H2,1-2H3;4-5H,3H2,1-2H3;11*1H4. The zero-order valence-corrected chi connectivity index (χ0v) is 67.5. The second kappa shape index (κ2) is 73.2. The molecule has 11 aromatic heterocycles. The SMILES string of the molecule is C.C.C.C.C.C.C.C.C.C.C.CCCCn1cncc1C.CCCc1ccncc1C.CCCn1cnc(C)c1C.CCCn1cncc1C.CCCn1cnnc1C.CCc1ccncc1C.CCn1cnc(C)c1C.CCn1cncc1C.Cc1ccncc1C.Cc1cncn1CC(C)C.Cc1cncn1CC1CC1. The summed E-state index contributed by atoms with van der Waals surface area (Å²) in [5, 5.41) is 7.60. The first-order valence-electron chi connectivity index (χ1n) is 37.2. The summed E-state index contributed by atoms with van der Waals surface area (Å²) in [7, 11) is 0. The molecule has 0 N–H and O–H groups in total. The van der Waals surface area contributed by atoms with Crippen molar-refractivity contribution in [2.75, 3.05) is 0 Å². The van der Waals surface area contributed by atoms with Crippen molar-refractivity contribution in [3.8, 4) is 0 Å². The predicted molar refractivity (Wildman–Crippen MR) is 497 cm³/mol. The second-order valence-electron chi connectivity index (χ2n) is 26.4. The molecule has 1 fully saturated rings. The molecule has 11 aromatic rings. The van der Waals surface area contributed by atoms with Gasteiger partial charge < -0.3 is 36.5 Å². The summed E-state index contributed by atoms with van der Waals surface area (Å²) >= 11 is 0. The average molecular weight is 1570 g/mol. The van der Waals surface area contributed by atoms with E-state index in [1.807, 2.05) is 144 Å². The van der Waals surface area contributed by atoms with Gasteiger partial charge in [-0.05, 0) is 226 Å². The molecule has 1 aliphatic rings. The molecule has 1 aliphatic carbocycles. The van der Waals surface area contributed by atoms with E-state index in [0.717, 1.165) is 81.8 Å². The summed E-state index contributed by atoms with van der Waals surface area (Å²) in [6.45, 7) is 59.3. The van der Waals surface area contributed by atoms with Crippen LogP contribution >= 0.6 is 0 Å². The number of nitrogens with zero attached hydrogens (tertiary/aromatic N) is 20. The van der Waals surface area contributed by atoms with Gasteiger partial charge in [0.1, 0.15) is 12.2 Å². The summed E-state index contributed by atoms with van der Waals surface area (Å²) in [6, 6.07) is 6.17. The van der Waals surface area contributed by atoms with Gasteiger partial charge in [0.25, 0.3) is 0 Å². The highest BCUT2D eigenvalue weighted by molar-refractivity contribution is 5.22. The zero-order chi connectivity index (χ0) is 75.8. The molecule has 20 heteroatoms. The van der Waals surface area contributed by atoms with Crippen molar-refractivity contribution in [2.45, 2.75) is 364 Å². The third-order valence-electron chi connectivity index (χ3n) is 17.1. The molecule has 113 heavy (non-hydrogen) atoms. The van der Waals surface area contributed by atoms with E-state index in [2.05, 4.69) is 250 Å². The Balaban J connectivity index is -0.000000128. The van der Waals surface area contributed by atoms with E-state index in [1.54, 1.807) is 6.33 Å². The van der Waals surface area contributed by atoms with Gasteiger partial charge in [0, 0.05) is 160 Å². The van der Waals surface area contributed by atoms with Crippen molar-refractivity contribution >= 4 is 0 Å². The topological polar surface area (TPSA) is 194 Å². The van der Waals surface area contributed by atoms with Crippen molar-refractivity contribution in [1.29, 1.82) is 0 Å². The summed E-state index contributed by atoms with van der Waals surface area (Å²) in [5.41, 5.74) is 19.1. The Kier molecular flexibility index (Phi) is 81.0. The first kappa shape index (κ1) is 125. The Morgan fingerprint density at radius 1 is 0.345 bits per heavy atom. The van der Waals surface area contributed by atoms with Crippen molar-refractivity contribution in [3.63, 3.8) is 0 Å². The van der Waals surface area contributed by atoms with Gasteiger partial charge in [-0.1, -0.05) is 150 Å². The Morgan fingerprint density at radius 3 is 1.02 bits per heavy atom. The first-order chi connectivity index (χ1) is 48.9. The molecule has 0 spiro atoms. The van der Waals surface area contributed by atoms with Crippen LogP contribution in [0.3, 0.4) is 0 Å². The van der Waals surface area contributed by atoms with Crippen LogP contribution in [0.2, 0.25) is 0 Å². The third-order valence-corrected chi connectivity index (χ3v) is 17.1. The summed E-state index contributed by atoms with van der Waals surface area (Å²) in [4.78, 5) is 40.4. The normalized spacial score (nSPS) is 9.71. The first-order valence-corrected chi connectivity index (χ1v) is 37.2. The molecule has 20 nitrogen and oxygen atoms in total. The van der Waals surface area contributed by atoms with Crippen LogP contribution in [0.25, 0.3) is 0 Å². The van der Waals surface area contributed by atoms with Crippen molar-refractivity contribution in [3.05, 3.63) is 227 Å². The van der Waals surface area contributed by atoms with E-state index in [9.17, 15) is 0 Å². The van der Waals surface area contributed by atoms with E-state index >= 15 is 0 Å². The number of pyridine rings is 3. The second-order valence-corrected chi connectivity index (χ2v) is 26.4. The van der Waals surface area contributed by atoms with E-state index in [4.69, 9.17) is 0 Å². The Bertz CT molecular complexity index is 3750. The van der Waals surface area contributed by atoms with Gasteiger partial charge in [-0.3, -0.25) is 15.0 Å². The van der Waals surface area contributed by atoms with Gasteiger partial charge in [0.15, 0.2) is 0 Å². The highest BCUT2D eigenvalue weighted by Crippen LogP contribution is 2.30. The van der Waals surface area contributed by atoms with Crippen LogP contribution in [0.5, 0.6) is 0 Å². The third kappa shape index (κ3) is 51.4. The lowest BCUT2D eigenvalue weighted by atomic mass is 10.1. The maximum atomic E-state index is 4.20. The number of rotatable bonds is 18. The van der Waals surface area contributed by atoms with Gasteiger partial charge in [0.2, 0.25) is 0 Å². The van der Waals surface area contributed by atoms with Gasteiger partial charge in [-0.25, -0.2) is 34.9 Å². The van der Waals surface area contributed by atoms with Gasteiger partial charge in [0.05, 0.1) is 55.7 Å². The lowest BCUT2D eigenvalue weighted by molar-refractivity contribution is 0.515. The molecule has 0 aromatic carbocycles. The average Bonchev–Trinajstić information content (AvgIpc) is 1.74. The van der Waals surface area contributed by atoms with Crippen molar-refractivity contribution < 1.29 is 0 Å². The maximum Gasteiger partial charge on any atom is 0.129 e. The van der Waals surface area contributed by atoms with Crippen molar-refractivity contribution in [1.82, 2.24) is 96.6 Å². The highest BCUT2D eigenvalue weighted by atomic mass is 15.3. The Morgan fingerprint density at radius 2 is 0.726 bits per heavy atom. The minimum absolute atomic E-state index is 0. The lowest BCUT2D eigenvalue weighted by Crippen LogP contribution is -2.04. The lowest BCUT2D eigenvalue weighted by Gasteiger charge is -2.06. The molecular weight excluding hydrogens is 1400 g/mol. The number of hydrogen-bond donors (Lipinski definition) is 0. The number of imidazole rings is 7. The zero-order valence-electron chi connectivity index (χ0n) is 67.5. The van der Waals surface area contributed by atoms with Gasteiger partial charge in [-0.15, -0.1) is 10.2 Å². The van der Waals surface area contributed by atoms with Gasteiger partial charge >= 0.3 is 0 Å². The quantitative estimate of drug-likeness (QED) is 0.0790. The molecule has 0 unspecified atom stereocenters. The van der Waals surface area contributed by atoms with E-state index < -0.39 is 0 Å². The number of unbranched alkanes of at least 4 members (excludes halogenated alkanes) is 1. The fourth-order valence-electron chi connectivity index (χ4n) is 9.80. The Labute approximate surface area is 696 Å². The largest absolute Gasteiger partial charge is 0.335 e. The number of hydrogen-bond acceptors (Lipinski definition) is 12. The molecule has 0 aliphatic heterocycles. The summed E-state index contributed by atoms with van der Waals surface area (Å²) in [5.74, 6) is 2.65. The molecule has 11 heterocycles. The molecule has 1 saturated carbocycles. The van der Waals surface area contributed by atoms with E-state index in [0.29, 0.717) is 5.92 Å². The Hall–Kier alpha value is -8.94.